The Hall–Kier alpha value is -1.03. The molecule has 4 nitrogen and oxygen atoms in total. The molecule has 0 aliphatic rings. The largest absolute Gasteiger partial charge is 0.478 e. The third kappa shape index (κ3) is 4.83. The van der Waals surface area contributed by atoms with Crippen molar-refractivity contribution in [3.05, 3.63) is 12.4 Å². The van der Waals surface area contributed by atoms with E-state index in [0.29, 0.717) is 19.0 Å². The van der Waals surface area contributed by atoms with Crippen molar-refractivity contribution in [3.63, 3.8) is 0 Å². The number of alkyl halides is 1. The van der Waals surface area contributed by atoms with Crippen molar-refractivity contribution in [3.8, 4) is 5.88 Å². The Labute approximate surface area is 95.0 Å². The first-order valence-electron chi connectivity index (χ1n) is 5.05. The van der Waals surface area contributed by atoms with Gasteiger partial charge in [-0.3, -0.25) is 0 Å². The summed E-state index contributed by atoms with van der Waals surface area (Å²) >= 11 is 5.81. The maximum atomic E-state index is 5.81. The van der Waals surface area contributed by atoms with Crippen molar-refractivity contribution < 1.29 is 4.74 Å². The van der Waals surface area contributed by atoms with Gasteiger partial charge in [-0.2, -0.15) is 0 Å². The zero-order chi connectivity index (χ0) is 11.1. The van der Waals surface area contributed by atoms with Crippen LogP contribution >= 0.6 is 11.6 Å². The van der Waals surface area contributed by atoms with Gasteiger partial charge in [0, 0.05) is 18.0 Å². The van der Waals surface area contributed by atoms with Gasteiger partial charge in [-0.05, 0) is 13.3 Å². The number of aromatic nitrogens is 2. The second-order valence-corrected chi connectivity index (χ2v) is 4.00. The van der Waals surface area contributed by atoms with E-state index >= 15 is 0 Å². The first-order chi connectivity index (χ1) is 7.22. The van der Waals surface area contributed by atoms with Crippen molar-refractivity contribution in [1.82, 2.24) is 9.97 Å². The van der Waals surface area contributed by atoms with E-state index in [9.17, 15) is 0 Å². The van der Waals surface area contributed by atoms with Crippen LogP contribution in [0.15, 0.2) is 12.4 Å². The highest BCUT2D eigenvalue weighted by molar-refractivity contribution is 6.20. The standard InChI is InChI=1S/C10H16ClN3O/c1-3-4-15-10-5-9(13-7-14-10)12-6-8(2)11/h5,7-8H,3-4,6H2,1-2H3,(H,12,13,14). The molecule has 0 saturated heterocycles. The monoisotopic (exact) mass is 229 g/mol. The molecule has 0 aromatic carbocycles. The molecule has 0 aliphatic carbocycles. The number of halogens is 1. The summed E-state index contributed by atoms with van der Waals surface area (Å²) in [6.07, 6.45) is 2.44. The summed E-state index contributed by atoms with van der Waals surface area (Å²) in [5, 5.41) is 3.17. The van der Waals surface area contributed by atoms with Crippen LogP contribution in [0.4, 0.5) is 5.82 Å². The van der Waals surface area contributed by atoms with Gasteiger partial charge in [-0.1, -0.05) is 6.92 Å². The predicted octanol–water partition coefficient (Wildman–Crippen LogP) is 2.30. The highest BCUT2D eigenvalue weighted by Gasteiger charge is 2.00. The molecule has 1 atom stereocenters. The second-order valence-electron chi connectivity index (χ2n) is 3.25. The highest BCUT2D eigenvalue weighted by Crippen LogP contribution is 2.11. The van der Waals surface area contributed by atoms with Crippen molar-refractivity contribution in [2.45, 2.75) is 25.6 Å². The van der Waals surface area contributed by atoms with Crippen LogP contribution in [-0.4, -0.2) is 28.5 Å². The molecule has 0 bridgehead atoms. The molecule has 0 amide bonds. The quantitative estimate of drug-likeness (QED) is 0.761. The van der Waals surface area contributed by atoms with Crippen LogP contribution in [0, 0.1) is 0 Å². The Kier molecular flexibility index (Phi) is 5.18. The van der Waals surface area contributed by atoms with E-state index in [2.05, 4.69) is 22.2 Å². The fourth-order valence-electron chi connectivity index (χ4n) is 0.967. The summed E-state index contributed by atoms with van der Waals surface area (Å²) in [6.45, 7) is 5.31. The molecule has 1 rings (SSSR count). The maximum absolute atomic E-state index is 5.81. The van der Waals surface area contributed by atoms with Crippen LogP contribution in [0.3, 0.4) is 0 Å². The van der Waals surface area contributed by atoms with E-state index < -0.39 is 0 Å². The number of nitrogens with one attached hydrogen (secondary N) is 1. The van der Waals surface area contributed by atoms with Crippen molar-refractivity contribution in [1.29, 1.82) is 0 Å². The number of nitrogens with zero attached hydrogens (tertiary/aromatic N) is 2. The van der Waals surface area contributed by atoms with E-state index in [1.165, 1.54) is 6.33 Å². The summed E-state index contributed by atoms with van der Waals surface area (Å²) in [5.74, 6) is 1.33. The molecule has 84 valence electrons. The molecule has 15 heavy (non-hydrogen) atoms. The Morgan fingerprint density at radius 1 is 1.53 bits per heavy atom. The van der Waals surface area contributed by atoms with Crippen molar-refractivity contribution in [2.24, 2.45) is 0 Å². The fraction of sp³-hybridized carbons (Fsp3) is 0.600. The molecule has 1 aromatic heterocycles. The summed E-state index contributed by atoms with van der Waals surface area (Å²) in [4.78, 5) is 8.06. The molecule has 0 spiro atoms. The normalized spacial score (nSPS) is 12.2. The van der Waals surface area contributed by atoms with Gasteiger partial charge in [0.2, 0.25) is 5.88 Å². The van der Waals surface area contributed by atoms with Crippen LogP contribution < -0.4 is 10.1 Å². The summed E-state index contributed by atoms with van der Waals surface area (Å²) in [7, 11) is 0. The second kappa shape index (κ2) is 6.45. The first kappa shape index (κ1) is 12.0. The minimum Gasteiger partial charge on any atom is -0.478 e. The topological polar surface area (TPSA) is 47.0 Å². The summed E-state index contributed by atoms with van der Waals surface area (Å²) < 4.78 is 5.38. The Bertz CT molecular complexity index is 294. The number of hydrogen-bond donors (Lipinski definition) is 1. The third-order valence-electron chi connectivity index (χ3n) is 1.66. The van der Waals surface area contributed by atoms with Crippen LogP contribution in [-0.2, 0) is 0 Å². The van der Waals surface area contributed by atoms with Gasteiger partial charge in [0.15, 0.2) is 0 Å². The van der Waals surface area contributed by atoms with Gasteiger partial charge in [0.1, 0.15) is 12.1 Å². The SMILES string of the molecule is CCCOc1cc(NCC(C)Cl)ncn1. The lowest BCUT2D eigenvalue weighted by molar-refractivity contribution is 0.305. The maximum Gasteiger partial charge on any atom is 0.218 e. The number of ether oxygens (including phenoxy) is 1. The van der Waals surface area contributed by atoms with Gasteiger partial charge in [0.05, 0.1) is 6.61 Å². The molecule has 0 saturated carbocycles. The highest BCUT2D eigenvalue weighted by atomic mass is 35.5. The third-order valence-corrected chi connectivity index (χ3v) is 1.81. The molecule has 5 heteroatoms. The van der Waals surface area contributed by atoms with Gasteiger partial charge in [-0.15, -0.1) is 11.6 Å². The average Bonchev–Trinajstić information content (AvgIpc) is 2.24. The van der Waals surface area contributed by atoms with E-state index in [-0.39, 0.29) is 5.38 Å². The van der Waals surface area contributed by atoms with E-state index in [4.69, 9.17) is 16.3 Å². The molecule has 1 aromatic rings. The summed E-state index contributed by atoms with van der Waals surface area (Å²) in [5.41, 5.74) is 0. The number of hydrogen-bond acceptors (Lipinski definition) is 4. The predicted molar refractivity (Wildman–Crippen MR) is 61.6 cm³/mol. The molecule has 0 aliphatic heterocycles. The Morgan fingerprint density at radius 3 is 3.00 bits per heavy atom. The molecule has 1 N–H and O–H groups in total. The zero-order valence-electron chi connectivity index (χ0n) is 9.03. The Balaban J connectivity index is 2.50. The average molecular weight is 230 g/mol. The molecular formula is C10H16ClN3O. The van der Waals surface area contributed by atoms with E-state index in [0.717, 1.165) is 12.2 Å². The van der Waals surface area contributed by atoms with Crippen LogP contribution in [0.2, 0.25) is 0 Å². The zero-order valence-corrected chi connectivity index (χ0v) is 9.79. The van der Waals surface area contributed by atoms with Gasteiger partial charge in [-0.25, -0.2) is 9.97 Å². The molecule has 0 fully saturated rings. The van der Waals surface area contributed by atoms with E-state index in [1.807, 2.05) is 6.92 Å². The van der Waals surface area contributed by atoms with Crippen LogP contribution in [0.25, 0.3) is 0 Å². The molecule has 0 radical (unpaired) electrons. The number of rotatable bonds is 6. The molecule has 1 heterocycles. The van der Waals surface area contributed by atoms with Gasteiger partial charge >= 0.3 is 0 Å². The van der Waals surface area contributed by atoms with Crippen molar-refractivity contribution in [2.75, 3.05) is 18.5 Å². The lowest BCUT2D eigenvalue weighted by Gasteiger charge is -2.08. The lowest BCUT2D eigenvalue weighted by atomic mass is 10.4. The van der Waals surface area contributed by atoms with Gasteiger partial charge in [0.25, 0.3) is 0 Å². The smallest absolute Gasteiger partial charge is 0.218 e. The molecular weight excluding hydrogens is 214 g/mol. The number of anilines is 1. The van der Waals surface area contributed by atoms with Gasteiger partial charge < -0.3 is 10.1 Å². The fourth-order valence-corrected chi connectivity index (χ4v) is 1.04. The molecule has 1 unspecified atom stereocenters. The van der Waals surface area contributed by atoms with Crippen molar-refractivity contribution >= 4 is 17.4 Å². The first-order valence-corrected chi connectivity index (χ1v) is 5.48. The minimum absolute atomic E-state index is 0.0694. The minimum atomic E-state index is 0.0694. The van der Waals surface area contributed by atoms with Crippen LogP contribution in [0.1, 0.15) is 20.3 Å². The summed E-state index contributed by atoms with van der Waals surface area (Å²) in [6, 6.07) is 1.77. The lowest BCUT2D eigenvalue weighted by Crippen LogP contribution is -2.11. The van der Waals surface area contributed by atoms with E-state index in [1.54, 1.807) is 6.07 Å². The Morgan fingerprint density at radius 2 is 2.33 bits per heavy atom. The van der Waals surface area contributed by atoms with Crippen LogP contribution in [0.5, 0.6) is 5.88 Å².